The average Bonchev–Trinajstić information content (AvgIpc) is 3.18. The number of amides is 3. The number of fused-ring (bicyclic) bond motifs is 6. The van der Waals surface area contributed by atoms with Gasteiger partial charge in [-0.05, 0) is 39.2 Å². The molecule has 2 bridgehead atoms. The van der Waals surface area contributed by atoms with E-state index in [4.69, 9.17) is 16.3 Å². The molecule has 4 aliphatic heterocycles. The maximum Gasteiger partial charge on any atom is 0.273 e. The normalized spacial score (nSPS) is 26.6. The summed E-state index contributed by atoms with van der Waals surface area (Å²) < 4.78 is 20.1. The molecule has 0 aliphatic carbocycles. The molecular formula is C25H29ClFN5O5. The summed E-state index contributed by atoms with van der Waals surface area (Å²) in [5.41, 5.74) is 0.463. The van der Waals surface area contributed by atoms with Crippen molar-refractivity contribution >= 4 is 35.0 Å². The minimum atomic E-state index is -1.19. The van der Waals surface area contributed by atoms with Crippen molar-refractivity contribution in [3.05, 3.63) is 40.0 Å². The van der Waals surface area contributed by atoms with E-state index in [1.54, 1.807) is 9.80 Å². The molecule has 0 spiro atoms. The third-order valence-electron chi connectivity index (χ3n) is 7.29. The van der Waals surface area contributed by atoms with Crippen LogP contribution in [0.15, 0.2) is 28.7 Å². The lowest BCUT2D eigenvalue weighted by atomic mass is 9.91. The van der Waals surface area contributed by atoms with Gasteiger partial charge in [0.05, 0.1) is 24.2 Å². The molecule has 10 nitrogen and oxygen atoms in total. The zero-order valence-corrected chi connectivity index (χ0v) is 21.4. The minimum Gasteiger partial charge on any atom is -0.509 e. The number of nitrogens with zero attached hydrogens (tertiary/aromatic N) is 4. The minimum absolute atomic E-state index is 0.0260. The van der Waals surface area contributed by atoms with E-state index in [9.17, 15) is 23.9 Å². The van der Waals surface area contributed by atoms with Crippen molar-refractivity contribution in [1.82, 2.24) is 20.1 Å². The van der Waals surface area contributed by atoms with Crippen LogP contribution in [-0.2, 0) is 20.9 Å². The highest BCUT2D eigenvalue weighted by Gasteiger charge is 2.57. The molecule has 0 aromatic heterocycles. The number of halogens is 2. The van der Waals surface area contributed by atoms with Crippen LogP contribution in [0.4, 0.5) is 4.39 Å². The first-order valence-electron chi connectivity index (χ1n) is 12.5. The number of nitrogens with one attached hydrogen (secondary N) is 1. The first kappa shape index (κ1) is 25.3. The Morgan fingerprint density at radius 3 is 2.78 bits per heavy atom. The van der Waals surface area contributed by atoms with Crippen molar-refractivity contribution in [2.45, 2.75) is 51.7 Å². The van der Waals surface area contributed by atoms with Gasteiger partial charge in [0.25, 0.3) is 17.7 Å². The molecule has 3 amide bonds. The second-order valence-electron chi connectivity index (χ2n) is 9.68. The molecule has 198 valence electrons. The topological polar surface area (TPSA) is 115 Å². The van der Waals surface area contributed by atoms with Gasteiger partial charge < -0.3 is 25.0 Å². The highest BCUT2D eigenvalue weighted by atomic mass is 35.5. The van der Waals surface area contributed by atoms with Gasteiger partial charge in [-0.2, -0.15) is 5.10 Å². The number of carbonyl (C=O) groups is 3. The number of rotatable bonds is 1. The van der Waals surface area contributed by atoms with Gasteiger partial charge >= 0.3 is 0 Å². The van der Waals surface area contributed by atoms with E-state index in [-0.39, 0.29) is 40.5 Å². The lowest BCUT2D eigenvalue weighted by molar-refractivity contribution is -0.139. The third kappa shape index (κ3) is 4.28. The molecule has 5 rings (SSSR count). The van der Waals surface area contributed by atoms with Gasteiger partial charge in [-0.1, -0.05) is 11.6 Å². The van der Waals surface area contributed by atoms with E-state index in [2.05, 4.69) is 10.4 Å². The molecule has 4 aliphatic rings. The number of hydrogen-bond donors (Lipinski definition) is 2. The highest BCUT2D eigenvalue weighted by Crippen LogP contribution is 2.42. The van der Waals surface area contributed by atoms with Gasteiger partial charge in [0.2, 0.25) is 0 Å². The summed E-state index contributed by atoms with van der Waals surface area (Å²) in [6.07, 6.45) is 2.14. The lowest BCUT2D eigenvalue weighted by Gasteiger charge is -2.44. The summed E-state index contributed by atoms with van der Waals surface area (Å²) >= 11 is 6.04. The number of benzene rings is 1. The maximum atomic E-state index is 14.2. The Labute approximate surface area is 218 Å². The molecule has 1 aromatic carbocycles. The number of aliphatic hydroxyl groups is 1. The molecular weight excluding hydrogens is 505 g/mol. The molecule has 1 aromatic rings. The zero-order valence-electron chi connectivity index (χ0n) is 20.7. The first-order valence-corrected chi connectivity index (χ1v) is 12.9. The summed E-state index contributed by atoms with van der Waals surface area (Å²) in [7, 11) is 0. The number of piperazine rings is 1. The van der Waals surface area contributed by atoms with E-state index in [0.29, 0.717) is 44.6 Å². The molecule has 12 heteroatoms. The molecule has 37 heavy (non-hydrogen) atoms. The van der Waals surface area contributed by atoms with Crippen LogP contribution in [0.25, 0.3) is 0 Å². The largest absolute Gasteiger partial charge is 0.509 e. The summed E-state index contributed by atoms with van der Waals surface area (Å²) in [6.45, 7) is 5.09. The standard InChI is InChI=1S/C25H29ClFN5O5/c1-3-30-11-13(2)32-20-18(22(33)21(32)25(30)36)24(35)31-12-14-9-15(26)16(27)10-17(14)37-8-6-4-5-7-28-23(34)19(20)29-31/h9-10,13,18,20,33H,3-8,11-12H2,1-2H3,(H,28,34)/t13-,18?,20?/m0/s1. The Hall–Kier alpha value is -3.34. The van der Waals surface area contributed by atoms with Gasteiger partial charge in [0.1, 0.15) is 34.7 Å². The molecule has 2 unspecified atom stereocenters. The summed E-state index contributed by atoms with van der Waals surface area (Å²) in [4.78, 5) is 43.6. The Balaban J connectivity index is 1.61. The summed E-state index contributed by atoms with van der Waals surface area (Å²) in [5.74, 6) is -3.43. The van der Waals surface area contributed by atoms with Crippen molar-refractivity contribution in [2.24, 2.45) is 11.0 Å². The molecule has 2 N–H and O–H groups in total. The number of carbonyl (C=O) groups excluding carboxylic acids is 3. The maximum absolute atomic E-state index is 14.2. The molecule has 4 heterocycles. The fourth-order valence-corrected chi connectivity index (χ4v) is 5.64. The molecule has 0 saturated carbocycles. The van der Waals surface area contributed by atoms with Gasteiger partial charge in [0.15, 0.2) is 0 Å². The van der Waals surface area contributed by atoms with Crippen LogP contribution in [0.3, 0.4) is 0 Å². The summed E-state index contributed by atoms with van der Waals surface area (Å²) in [5, 5.41) is 19.5. The van der Waals surface area contributed by atoms with Gasteiger partial charge in [-0.15, -0.1) is 0 Å². The van der Waals surface area contributed by atoms with Crippen LogP contribution < -0.4 is 10.1 Å². The Morgan fingerprint density at radius 2 is 2.03 bits per heavy atom. The number of likely N-dealkylation sites (N-methyl/N-ethyl adjacent to an activating group) is 1. The van der Waals surface area contributed by atoms with Gasteiger partial charge in [-0.25, -0.2) is 9.40 Å². The van der Waals surface area contributed by atoms with E-state index >= 15 is 0 Å². The van der Waals surface area contributed by atoms with E-state index < -0.39 is 35.5 Å². The average molecular weight is 534 g/mol. The molecule has 3 atom stereocenters. The van der Waals surface area contributed by atoms with Crippen molar-refractivity contribution in [3.8, 4) is 5.75 Å². The molecule has 0 radical (unpaired) electrons. The monoisotopic (exact) mass is 533 g/mol. The number of hydrazone groups is 1. The van der Waals surface area contributed by atoms with E-state index in [1.807, 2.05) is 13.8 Å². The fourth-order valence-electron chi connectivity index (χ4n) is 5.46. The van der Waals surface area contributed by atoms with Crippen LogP contribution in [0.5, 0.6) is 5.75 Å². The van der Waals surface area contributed by atoms with Crippen molar-refractivity contribution in [2.75, 3.05) is 26.2 Å². The van der Waals surface area contributed by atoms with Crippen LogP contribution >= 0.6 is 11.6 Å². The smallest absolute Gasteiger partial charge is 0.273 e. The number of hydrogen-bond acceptors (Lipinski definition) is 7. The quantitative estimate of drug-likeness (QED) is 0.572. The Kier molecular flexibility index (Phi) is 6.74. The molecule has 1 saturated heterocycles. The lowest BCUT2D eigenvalue weighted by Crippen LogP contribution is -2.61. The van der Waals surface area contributed by atoms with Gasteiger partial charge in [-0.3, -0.25) is 14.4 Å². The fraction of sp³-hybridized carbons (Fsp3) is 0.520. The van der Waals surface area contributed by atoms with Gasteiger partial charge in [0, 0.05) is 37.3 Å². The number of ether oxygens (including phenoxy) is 1. The first-order chi connectivity index (χ1) is 17.7. The highest BCUT2D eigenvalue weighted by molar-refractivity contribution is 6.42. The van der Waals surface area contributed by atoms with Crippen LogP contribution in [0.2, 0.25) is 5.02 Å². The zero-order chi connectivity index (χ0) is 26.4. The second kappa shape index (κ2) is 9.85. The summed E-state index contributed by atoms with van der Waals surface area (Å²) in [6, 6.07) is 1.36. The van der Waals surface area contributed by atoms with E-state index in [1.165, 1.54) is 12.1 Å². The van der Waals surface area contributed by atoms with Crippen LogP contribution in [0.1, 0.15) is 38.7 Å². The predicted octanol–water partition coefficient (Wildman–Crippen LogP) is 2.18. The predicted molar refractivity (Wildman–Crippen MR) is 132 cm³/mol. The Morgan fingerprint density at radius 1 is 1.24 bits per heavy atom. The van der Waals surface area contributed by atoms with Crippen LogP contribution in [-0.4, -0.2) is 81.7 Å². The van der Waals surface area contributed by atoms with E-state index in [0.717, 1.165) is 11.4 Å². The SMILES string of the molecule is CCN1C[C@H](C)N2C(=C(O)C3C(=O)N4Cc5cc(Cl)c(F)cc5OCCCCCNC(=O)C(=N4)C32)C1=O. The third-order valence-corrected chi connectivity index (χ3v) is 7.58. The van der Waals surface area contributed by atoms with Crippen molar-refractivity contribution in [3.63, 3.8) is 0 Å². The van der Waals surface area contributed by atoms with Crippen molar-refractivity contribution in [1.29, 1.82) is 0 Å². The molecule has 1 fully saturated rings. The van der Waals surface area contributed by atoms with Crippen LogP contribution in [0, 0.1) is 11.7 Å². The second-order valence-corrected chi connectivity index (χ2v) is 10.1. The van der Waals surface area contributed by atoms with Crippen molar-refractivity contribution < 1.29 is 28.6 Å². The Bertz CT molecular complexity index is 1220. The number of aliphatic hydroxyl groups excluding tert-OH is 1.